The zero-order valence-corrected chi connectivity index (χ0v) is 17.0. The molecule has 1 N–H and O–H groups in total. The molecule has 7 nitrogen and oxygen atoms in total. The molecule has 0 spiro atoms. The smallest absolute Gasteiger partial charge is 0.322 e. The fourth-order valence-electron chi connectivity index (χ4n) is 3.42. The van der Waals surface area contributed by atoms with Crippen LogP contribution in [-0.2, 0) is 4.79 Å². The predicted octanol–water partition coefficient (Wildman–Crippen LogP) is 3.70. The van der Waals surface area contributed by atoms with E-state index in [2.05, 4.69) is 10.3 Å². The number of urea groups is 1. The van der Waals surface area contributed by atoms with Gasteiger partial charge in [0, 0.05) is 44.8 Å². The van der Waals surface area contributed by atoms with E-state index in [1.54, 1.807) is 44.7 Å². The predicted molar refractivity (Wildman–Crippen MR) is 112 cm³/mol. The van der Waals surface area contributed by atoms with E-state index in [-0.39, 0.29) is 24.6 Å². The Bertz CT molecular complexity index is 826. The van der Waals surface area contributed by atoms with E-state index in [9.17, 15) is 9.59 Å². The molecule has 3 rings (SSSR count). The topological polar surface area (TPSA) is 74.8 Å². The largest absolute Gasteiger partial charge is 0.484 e. The minimum absolute atomic E-state index is 0.0395. The first-order valence-electron chi connectivity index (χ1n) is 9.95. The van der Waals surface area contributed by atoms with Crippen LogP contribution in [0.3, 0.4) is 0 Å². The summed E-state index contributed by atoms with van der Waals surface area (Å²) in [5.41, 5.74) is 1.75. The van der Waals surface area contributed by atoms with Gasteiger partial charge in [-0.2, -0.15) is 0 Å². The summed E-state index contributed by atoms with van der Waals surface area (Å²) in [5.74, 6) is 0.420. The molecule has 1 unspecified atom stereocenters. The number of pyridine rings is 1. The summed E-state index contributed by atoms with van der Waals surface area (Å²) in [7, 11) is 3.37. The molecule has 154 valence electrons. The summed E-state index contributed by atoms with van der Waals surface area (Å²) < 4.78 is 5.54. The molecule has 3 amide bonds. The van der Waals surface area contributed by atoms with E-state index >= 15 is 0 Å². The van der Waals surface area contributed by atoms with Crippen LogP contribution in [0.5, 0.6) is 5.75 Å². The lowest BCUT2D eigenvalue weighted by Crippen LogP contribution is -2.38. The molecule has 7 heteroatoms. The lowest BCUT2D eigenvalue weighted by molar-refractivity contribution is -0.130. The van der Waals surface area contributed by atoms with Crippen LogP contribution in [0.2, 0.25) is 0 Å². The molecule has 0 radical (unpaired) electrons. The molecule has 2 heterocycles. The number of nitrogens with zero attached hydrogens (tertiary/aromatic N) is 3. The van der Waals surface area contributed by atoms with Gasteiger partial charge in [0.1, 0.15) is 5.75 Å². The normalized spacial score (nSPS) is 16.6. The highest BCUT2D eigenvalue weighted by Crippen LogP contribution is 2.30. The SMILES string of the molecule is CN(C)C(=O)COc1cccc(NC(=O)N2CCCCCC2c2ccncc2)c1. The monoisotopic (exact) mass is 396 g/mol. The van der Waals surface area contributed by atoms with Crippen molar-refractivity contribution in [1.82, 2.24) is 14.8 Å². The number of carbonyl (C=O) groups excluding carboxylic acids is 2. The first kappa shape index (κ1) is 20.6. The Balaban J connectivity index is 1.69. The maximum Gasteiger partial charge on any atom is 0.322 e. The van der Waals surface area contributed by atoms with Gasteiger partial charge in [0.15, 0.2) is 6.61 Å². The van der Waals surface area contributed by atoms with Crippen LogP contribution < -0.4 is 10.1 Å². The summed E-state index contributed by atoms with van der Waals surface area (Å²) in [6, 6.07) is 11.0. The van der Waals surface area contributed by atoms with Crippen LogP contribution in [0.15, 0.2) is 48.8 Å². The van der Waals surface area contributed by atoms with Crippen molar-refractivity contribution in [2.75, 3.05) is 32.6 Å². The van der Waals surface area contributed by atoms with Gasteiger partial charge in [-0.25, -0.2) is 4.79 Å². The number of hydrogen-bond acceptors (Lipinski definition) is 4. The van der Waals surface area contributed by atoms with Crippen LogP contribution in [0, 0.1) is 0 Å². The highest BCUT2D eigenvalue weighted by atomic mass is 16.5. The molecule has 0 bridgehead atoms. The van der Waals surface area contributed by atoms with Gasteiger partial charge < -0.3 is 19.9 Å². The van der Waals surface area contributed by atoms with Crippen molar-refractivity contribution in [1.29, 1.82) is 0 Å². The van der Waals surface area contributed by atoms with Gasteiger partial charge in [-0.05, 0) is 42.7 Å². The van der Waals surface area contributed by atoms with E-state index in [1.165, 1.54) is 4.90 Å². The summed E-state index contributed by atoms with van der Waals surface area (Å²) in [4.78, 5) is 32.3. The summed E-state index contributed by atoms with van der Waals surface area (Å²) in [6.45, 7) is 0.674. The Morgan fingerprint density at radius 3 is 2.72 bits per heavy atom. The van der Waals surface area contributed by atoms with Crippen molar-refractivity contribution >= 4 is 17.6 Å². The van der Waals surface area contributed by atoms with Gasteiger partial charge >= 0.3 is 6.03 Å². The van der Waals surface area contributed by atoms with Crippen LogP contribution in [0.4, 0.5) is 10.5 Å². The van der Waals surface area contributed by atoms with Gasteiger partial charge in [-0.15, -0.1) is 0 Å². The van der Waals surface area contributed by atoms with E-state index in [1.807, 2.05) is 23.1 Å². The standard InChI is InChI=1S/C22H28N4O3/c1-25(2)21(27)16-29-19-8-6-7-18(15-19)24-22(28)26-14-5-3-4-9-20(26)17-10-12-23-13-11-17/h6-8,10-13,15,20H,3-5,9,14,16H2,1-2H3,(H,24,28). The Labute approximate surface area is 171 Å². The van der Waals surface area contributed by atoms with Crippen LogP contribution >= 0.6 is 0 Å². The molecule has 1 aromatic heterocycles. The number of aromatic nitrogens is 1. The molecule has 2 aromatic rings. The number of likely N-dealkylation sites (tertiary alicyclic amines) is 1. The molecule has 1 aliphatic heterocycles. The number of ether oxygens (including phenoxy) is 1. The average Bonchev–Trinajstić information content (AvgIpc) is 2.99. The summed E-state index contributed by atoms with van der Waals surface area (Å²) in [6.07, 6.45) is 7.69. The van der Waals surface area contributed by atoms with Crippen molar-refractivity contribution in [2.24, 2.45) is 0 Å². The van der Waals surface area contributed by atoms with Crippen LogP contribution in [0.25, 0.3) is 0 Å². The Morgan fingerprint density at radius 1 is 1.17 bits per heavy atom. The van der Waals surface area contributed by atoms with Crippen LogP contribution in [0.1, 0.15) is 37.3 Å². The number of likely N-dealkylation sites (N-methyl/N-ethyl adjacent to an activating group) is 1. The quantitative estimate of drug-likeness (QED) is 0.836. The fourth-order valence-corrected chi connectivity index (χ4v) is 3.42. The maximum atomic E-state index is 13.1. The average molecular weight is 396 g/mol. The minimum atomic E-state index is -0.129. The van der Waals surface area contributed by atoms with Crippen molar-refractivity contribution < 1.29 is 14.3 Å². The fraction of sp³-hybridized carbons (Fsp3) is 0.409. The third-order valence-electron chi connectivity index (χ3n) is 5.05. The second kappa shape index (κ2) is 9.91. The number of anilines is 1. The lowest BCUT2D eigenvalue weighted by Gasteiger charge is -2.30. The summed E-state index contributed by atoms with van der Waals surface area (Å²) in [5, 5.41) is 2.99. The van der Waals surface area contributed by atoms with Gasteiger partial charge in [0.05, 0.1) is 6.04 Å². The first-order chi connectivity index (χ1) is 14.0. The third-order valence-corrected chi connectivity index (χ3v) is 5.05. The Kier molecular flexibility index (Phi) is 7.05. The van der Waals surface area contributed by atoms with E-state index in [4.69, 9.17) is 4.74 Å². The summed E-state index contributed by atoms with van der Waals surface area (Å²) >= 11 is 0. The molecule has 1 fully saturated rings. The van der Waals surface area contributed by atoms with Crippen LogP contribution in [-0.4, -0.2) is 54.0 Å². The van der Waals surface area contributed by atoms with Gasteiger partial charge in [-0.3, -0.25) is 9.78 Å². The Morgan fingerprint density at radius 2 is 1.97 bits per heavy atom. The number of benzene rings is 1. The van der Waals surface area contributed by atoms with Gasteiger partial charge in [0.2, 0.25) is 0 Å². The van der Waals surface area contributed by atoms with Crippen molar-refractivity contribution in [2.45, 2.75) is 31.7 Å². The van der Waals surface area contributed by atoms with Gasteiger partial charge in [0.25, 0.3) is 5.91 Å². The number of rotatable bonds is 5. The maximum absolute atomic E-state index is 13.1. The highest BCUT2D eigenvalue weighted by Gasteiger charge is 2.26. The zero-order valence-electron chi connectivity index (χ0n) is 17.0. The number of hydrogen-bond donors (Lipinski definition) is 1. The molecule has 1 saturated heterocycles. The van der Waals surface area contributed by atoms with E-state index in [0.717, 1.165) is 31.2 Å². The number of nitrogens with one attached hydrogen (secondary N) is 1. The van der Waals surface area contributed by atoms with E-state index < -0.39 is 0 Å². The molecule has 1 aromatic carbocycles. The zero-order chi connectivity index (χ0) is 20.6. The highest BCUT2D eigenvalue weighted by molar-refractivity contribution is 5.90. The number of carbonyl (C=O) groups is 2. The lowest BCUT2D eigenvalue weighted by atomic mass is 10.0. The molecular formula is C22H28N4O3. The molecule has 1 aliphatic rings. The Hall–Kier alpha value is -3.09. The van der Waals surface area contributed by atoms with Crippen molar-refractivity contribution in [3.8, 4) is 5.75 Å². The molecule has 29 heavy (non-hydrogen) atoms. The van der Waals surface area contributed by atoms with Crippen molar-refractivity contribution in [3.63, 3.8) is 0 Å². The molecule has 0 aliphatic carbocycles. The second-order valence-electron chi connectivity index (χ2n) is 7.37. The van der Waals surface area contributed by atoms with Crippen molar-refractivity contribution in [3.05, 3.63) is 54.4 Å². The molecule has 0 saturated carbocycles. The molecule has 1 atom stereocenters. The second-order valence-corrected chi connectivity index (χ2v) is 7.37. The van der Waals surface area contributed by atoms with Gasteiger partial charge in [-0.1, -0.05) is 18.9 Å². The first-order valence-corrected chi connectivity index (χ1v) is 9.95. The molecular weight excluding hydrogens is 368 g/mol. The number of amides is 3. The van der Waals surface area contributed by atoms with E-state index in [0.29, 0.717) is 18.0 Å². The minimum Gasteiger partial charge on any atom is -0.484 e. The third kappa shape index (κ3) is 5.70.